The fourth-order valence-corrected chi connectivity index (χ4v) is 3.36. The highest BCUT2D eigenvalue weighted by Crippen LogP contribution is 2.44. The molecule has 0 aromatic carbocycles. The largest absolute Gasteiger partial charge is 0.477 e. The van der Waals surface area contributed by atoms with Gasteiger partial charge in [-0.25, -0.2) is 9.78 Å². The van der Waals surface area contributed by atoms with Crippen molar-refractivity contribution >= 4 is 17.3 Å². The Balaban J connectivity index is 1.89. The van der Waals surface area contributed by atoms with Crippen molar-refractivity contribution in [2.24, 2.45) is 0 Å². The Morgan fingerprint density at radius 1 is 1.35 bits per heavy atom. The van der Waals surface area contributed by atoms with E-state index >= 15 is 0 Å². The topological polar surface area (TPSA) is 59.4 Å². The molecule has 0 bridgehead atoms. The predicted octanol–water partition coefficient (Wildman–Crippen LogP) is 2.61. The highest BCUT2D eigenvalue weighted by Gasteiger charge is 2.33. The molecule has 4 nitrogen and oxygen atoms in total. The number of carboxylic acid groups (broad SMARTS) is 1. The summed E-state index contributed by atoms with van der Waals surface area (Å²) in [5.41, 5.74) is 0.822. The summed E-state index contributed by atoms with van der Waals surface area (Å²) in [6.07, 6.45) is 4.29. The van der Waals surface area contributed by atoms with Crippen LogP contribution in [0.2, 0.25) is 0 Å². The summed E-state index contributed by atoms with van der Waals surface area (Å²) in [7, 11) is 0. The highest BCUT2D eigenvalue weighted by molar-refractivity contribution is 7.13. The molecule has 1 aromatic rings. The van der Waals surface area contributed by atoms with Crippen molar-refractivity contribution in [2.45, 2.75) is 37.5 Å². The molecule has 0 amide bonds. The van der Waals surface area contributed by atoms with Crippen LogP contribution in [0.4, 0.5) is 0 Å². The molecule has 1 unspecified atom stereocenters. The lowest BCUT2D eigenvalue weighted by atomic mass is 10.0. The van der Waals surface area contributed by atoms with Crippen molar-refractivity contribution in [1.82, 2.24) is 4.98 Å². The summed E-state index contributed by atoms with van der Waals surface area (Å²) >= 11 is 1.35. The van der Waals surface area contributed by atoms with Gasteiger partial charge in [0.15, 0.2) is 0 Å². The Morgan fingerprint density at radius 2 is 2.18 bits per heavy atom. The van der Waals surface area contributed by atoms with E-state index in [1.165, 1.54) is 11.3 Å². The van der Waals surface area contributed by atoms with E-state index in [9.17, 15) is 9.90 Å². The van der Waals surface area contributed by atoms with Crippen LogP contribution in [-0.2, 0) is 4.74 Å². The average molecular weight is 253 g/mol. The van der Waals surface area contributed by atoms with Crippen molar-refractivity contribution in [3.8, 4) is 0 Å². The molecular weight excluding hydrogens is 238 g/mol. The minimum Gasteiger partial charge on any atom is -0.477 e. The normalized spacial score (nSPS) is 24.8. The van der Waals surface area contributed by atoms with Gasteiger partial charge in [-0.15, -0.1) is 11.3 Å². The summed E-state index contributed by atoms with van der Waals surface area (Å²) in [5.74, 6) is -0.123. The first-order chi connectivity index (χ1) is 8.25. The van der Waals surface area contributed by atoms with E-state index in [-0.39, 0.29) is 0 Å². The maximum Gasteiger partial charge on any atom is 0.347 e. The molecule has 0 radical (unpaired) electrons. The quantitative estimate of drug-likeness (QED) is 0.899. The molecule has 2 fully saturated rings. The lowest BCUT2D eigenvalue weighted by Crippen LogP contribution is -2.15. The lowest BCUT2D eigenvalue weighted by Gasteiger charge is -2.19. The van der Waals surface area contributed by atoms with Crippen molar-refractivity contribution in [2.75, 3.05) is 13.2 Å². The predicted molar refractivity (Wildman–Crippen MR) is 63.8 cm³/mol. The Morgan fingerprint density at radius 3 is 2.76 bits per heavy atom. The molecular formula is C12H15NO3S. The number of carbonyl (C=O) groups is 1. The maximum atomic E-state index is 11.2. The minimum absolute atomic E-state index is 0.305. The standard InChI is InChI=1S/C12H15NO3S/c14-12(15)10-9(7-3-4-7)13-11(17-10)8-2-1-5-16-6-8/h7-8H,1-6H2,(H,14,15). The van der Waals surface area contributed by atoms with Crippen LogP contribution in [0.5, 0.6) is 0 Å². The zero-order valence-electron chi connectivity index (χ0n) is 9.52. The van der Waals surface area contributed by atoms with Crippen LogP contribution < -0.4 is 0 Å². The molecule has 2 heterocycles. The molecule has 5 heteroatoms. The van der Waals surface area contributed by atoms with Gasteiger partial charge in [0, 0.05) is 18.4 Å². The van der Waals surface area contributed by atoms with Crippen LogP contribution in [-0.4, -0.2) is 29.3 Å². The average Bonchev–Trinajstić information content (AvgIpc) is 3.09. The summed E-state index contributed by atoms with van der Waals surface area (Å²) in [4.78, 5) is 16.2. The van der Waals surface area contributed by atoms with Gasteiger partial charge in [0.05, 0.1) is 17.3 Å². The van der Waals surface area contributed by atoms with E-state index < -0.39 is 5.97 Å². The molecule has 17 heavy (non-hydrogen) atoms. The second-order valence-electron chi connectivity index (χ2n) is 4.76. The number of rotatable bonds is 3. The van der Waals surface area contributed by atoms with Crippen molar-refractivity contribution in [3.63, 3.8) is 0 Å². The summed E-state index contributed by atoms with van der Waals surface area (Å²) in [6, 6.07) is 0. The summed E-state index contributed by atoms with van der Waals surface area (Å²) < 4.78 is 5.44. The third-order valence-electron chi connectivity index (χ3n) is 3.34. The van der Waals surface area contributed by atoms with Crippen molar-refractivity contribution < 1.29 is 14.6 Å². The van der Waals surface area contributed by atoms with Gasteiger partial charge in [-0.05, 0) is 25.7 Å². The van der Waals surface area contributed by atoms with Gasteiger partial charge in [-0.1, -0.05) is 0 Å². The summed E-state index contributed by atoms with van der Waals surface area (Å²) in [5, 5.41) is 10.2. The maximum absolute atomic E-state index is 11.2. The lowest BCUT2D eigenvalue weighted by molar-refractivity contribution is 0.0700. The van der Waals surface area contributed by atoms with Crippen LogP contribution in [0.1, 0.15) is 57.9 Å². The number of hydrogen-bond acceptors (Lipinski definition) is 4. The Hall–Kier alpha value is -0.940. The Bertz CT molecular complexity index is 433. The van der Waals surface area contributed by atoms with Gasteiger partial charge in [-0.2, -0.15) is 0 Å². The fourth-order valence-electron chi connectivity index (χ4n) is 2.25. The third-order valence-corrected chi connectivity index (χ3v) is 4.56. The number of nitrogens with zero attached hydrogens (tertiary/aromatic N) is 1. The number of hydrogen-bond donors (Lipinski definition) is 1. The van der Waals surface area contributed by atoms with Crippen LogP contribution >= 0.6 is 11.3 Å². The third kappa shape index (κ3) is 2.21. The zero-order valence-corrected chi connectivity index (χ0v) is 10.3. The second kappa shape index (κ2) is 4.38. The Kier molecular flexibility index (Phi) is 2.88. The van der Waals surface area contributed by atoms with Crippen LogP contribution in [0, 0.1) is 0 Å². The number of carboxylic acids is 1. The molecule has 92 valence electrons. The van der Waals surface area contributed by atoms with Crippen LogP contribution in [0.25, 0.3) is 0 Å². The first kappa shape index (κ1) is 11.2. The van der Waals surface area contributed by atoms with Gasteiger partial charge in [-0.3, -0.25) is 0 Å². The molecule has 2 aliphatic rings. The van der Waals surface area contributed by atoms with Gasteiger partial charge >= 0.3 is 5.97 Å². The first-order valence-corrected chi connectivity index (χ1v) is 6.89. The van der Waals surface area contributed by atoms with E-state index in [4.69, 9.17) is 4.74 Å². The van der Waals surface area contributed by atoms with E-state index in [1.54, 1.807) is 0 Å². The van der Waals surface area contributed by atoms with Crippen LogP contribution in [0.15, 0.2) is 0 Å². The van der Waals surface area contributed by atoms with E-state index in [2.05, 4.69) is 4.98 Å². The number of thiazole rings is 1. The molecule has 1 atom stereocenters. The Labute approximate surface area is 104 Å². The smallest absolute Gasteiger partial charge is 0.347 e. The van der Waals surface area contributed by atoms with E-state index in [1.807, 2.05) is 0 Å². The van der Waals surface area contributed by atoms with E-state index in [0.717, 1.165) is 43.0 Å². The second-order valence-corrected chi connectivity index (χ2v) is 5.79. The molecule has 1 saturated carbocycles. The number of aromatic carboxylic acids is 1. The minimum atomic E-state index is -0.827. The summed E-state index contributed by atoms with van der Waals surface area (Å²) in [6.45, 7) is 1.51. The first-order valence-electron chi connectivity index (χ1n) is 6.07. The molecule has 1 saturated heterocycles. The number of ether oxygens (including phenoxy) is 1. The molecule has 1 aromatic heterocycles. The van der Waals surface area contributed by atoms with Crippen molar-refractivity contribution in [3.05, 3.63) is 15.6 Å². The molecule has 0 spiro atoms. The van der Waals surface area contributed by atoms with Gasteiger partial charge in [0.1, 0.15) is 4.88 Å². The van der Waals surface area contributed by atoms with E-state index in [0.29, 0.717) is 23.3 Å². The van der Waals surface area contributed by atoms with Gasteiger partial charge in [0.25, 0.3) is 0 Å². The van der Waals surface area contributed by atoms with Gasteiger partial charge in [0.2, 0.25) is 0 Å². The molecule has 3 rings (SSSR count). The molecule has 1 aliphatic carbocycles. The SMILES string of the molecule is O=C(O)c1sc(C2CCCOC2)nc1C1CC1. The zero-order chi connectivity index (χ0) is 11.8. The monoisotopic (exact) mass is 253 g/mol. The fraction of sp³-hybridized carbons (Fsp3) is 0.667. The van der Waals surface area contributed by atoms with Crippen molar-refractivity contribution in [1.29, 1.82) is 0 Å². The van der Waals surface area contributed by atoms with Gasteiger partial charge < -0.3 is 9.84 Å². The molecule has 1 aliphatic heterocycles. The molecule has 1 N–H and O–H groups in total. The highest BCUT2D eigenvalue weighted by atomic mass is 32.1. The number of aromatic nitrogens is 1. The van der Waals surface area contributed by atoms with Crippen LogP contribution in [0.3, 0.4) is 0 Å².